The van der Waals surface area contributed by atoms with E-state index in [2.05, 4.69) is 17.1 Å². The summed E-state index contributed by atoms with van der Waals surface area (Å²) in [6.07, 6.45) is 0.758. The lowest BCUT2D eigenvalue weighted by atomic mass is 9.97. The average molecular weight is 627 g/mol. The van der Waals surface area contributed by atoms with Crippen LogP contribution in [0.25, 0.3) is 22.2 Å². The van der Waals surface area contributed by atoms with E-state index in [1.165, 1.54) is 0 Å². The van der Waals surface area contributed by atoms with Crippen LogP contribution in [0.1, 0.15) is 59.7 Å². The van der Waals surface area contributed by atoms with E-state index in [9.17, 15) is 14.7 Å². The number of amidine groups is 1. The van der Waals surface area contributed by atoms with Crippen LogP contribution in [0.3, 0.4) is 0 Å². The predicted molar refractivity (Wildman–Crippen MR) is 168 cm³/mol. The van der Waals surface area contributed by atoms with Crippen molar-refractivity contribution in [1.82, 2.24) is 14.5 Å². The number of aryl methyl sites for hydroxylation is 1. The van der Waals surface area contributed by atoms with Crippen LogP contribution in [0, 0.1) is 6.92 Å². The van der Waals surface area contributed by atoms with E-state index in [1.807, 2.05) is 60.0 Å². The number of fused-ring (bicyclic) bond motifs is 1. The molecule has 6 rings (SSSR count). The van der Waals surface area contributed by atoms with E-state index in [4.69, 9.17) is 23.1 Å². The number of nitrogens with zero attached hydrogens (tertiary/aromatic N) is 4. The fourth-order valence-corrected chi connectivity index (χ4v) is 5.39. The Balaban J connectivity index is 1.29. The van der Waals surface area contributed by atoms with Gasteiger partial charge >= 0.3 is 18.2 Å². The summed E-state index contributed by atoms with van der Waals surface area (Å²) in [5.41, 5.74) is 5.13. The number of ether oxygens (including phenoxy) is 2. The van der Waals surface area contributed by atoms with Crippen molar-refractivity contribution in [2.24, 2.45) is 5.16 Å². The number of para-hydroxylation sites is 1. The van der Waals surface area contributed by atoms with Crippen molar-refractivity contribution in [2.45, 2.75) is 53.2 Å². The van der Waals surface area contributed by atoms with Crippen molar-refractivity contribution in [3.8, 4) is 17.1 Å². The molecule has 1 unspecified atom stereocenters. The second-order valence-corrected chi connectivity index (χ2v) is 10.7. The zero-order valence-electron chi connectivity index (χ0n) is 25.8. The van der Waals surface area contributed by atoms with Crippen molar-refractivity contribution in [3.05, 3.63) is 106 Å². The minimum absolute atomic E-state index is 0.146. The maximum Gasteiger partial charge on any atom is 0.519 e. The van der Waals surface area contributed by atoms with Crippen molar-refractivity contribution in [2.75, 3.05) is 13.2 Å². The fourth-order valence-electron chi connectivity index (χ4n) is 5.39. The van der Waals surface area contributed by atoms with Gasteiger partial charge in [-0.3, -0.25) is 9.47 Å². The number of imidazole rings is 1. The molecule has 1 N–H and O–H groups in total. The Morgan fingerprint density at radius 2 is 1.78 bits per heavy atom. The van der Waals surface area contributed by atoms with Crippen LogP contribution in [0.2, 0.25) is 0 Å². The molecule has 0 saturated heterocycles. The van der Waals surface area contributed by atoms with Gasteiger partial charge < -0.3 is 28.3 Å². The first-order valence-electron chi connectivity index (χ1n) is 15.1. The maximum absolute atomic E-state index is 13.3. The summed E-state index contributed by atoms with van der Waals surface area (Å²) >= 11 is 0. The standard InChI is InChI=1S/C34H34N4O8/c1-4-6-18-37-30(36-46-33(37)40)25-11-8-7-10-24(25)23-16-14-22(15-17-23)19-38-29-26(12-9-13-27(29)35-32(38)42-5-2)31(39)43-20-28-21(3)44-34(41)45-28/h7-17,33,40H,4-6,18-20H2,1-3H3. The summed E-state index contributed by atoms with van der Waals surface area (Å²) in [5.74, 6) is -0.471. The van der Waals surface area contributed by atoms with Crippen LogP contribution in [0.4, 0.5) is 0 Å². The van der Waals surface area contributed by atoms with E-state index in [0.717, 1.165) is 35.1 Å². The molecule has 12 nitrogen and oxygen atoms in total. The molecule has 0 amide bonds. The van der Waals surface area contributed by atoms with Crippen molar-refractivity contribution >= 4 is 22.8 Å². The summed E-state index contributed by atoms with van der Waals surface area (Å²) in [7, 11) is 0. The van der Waals surface area contributed by atoms with E-state index in [1.54, 1.807) is 30.0 Å². The molecule has 1 aliphatic heterocycles. The Morgan fingerprint density at radius 1 is 1.00 bits per heavy atom. The summed E-state index contributed by atoms with van der Waals surface area (Å²) < 4.78 is 23.0. The number of benzene rings is 3. The molecule has 3 heterocycles. The molecule has 238 valence electrons. The summed E-state index contributed by atoms with van der Waals surface area (Å²) in [4.78, 5) is 36.3. The highest BCUT2D eigenvalue weighted by Gasteiger charge is 2.30. The molecule has 3 aromatic carbocycles. The zero-order valence-corrected chi connectivity index (χ0v) is 25.8. The molecule has 0 saturated carbocycles. The number of oxime groups is 1. The molecule has 0 fully saturated rings. The highest BCUT2D eigenvalue weighted by atomic mass is 16.7. The fraction of sp³-hybridized carbons (Fsp3) is 0.294. The molecular weight excluding hydrogens is 592 g/mol. The van der Waals surface area contributed by atoms with Gasteiger partial charge in [0.05, 0.1) is 29.7 Å². The average Bonchev–Trinajstić information content (AvgIpc) is 3.72. The van der Waals surface area contributed by atoms with Gasteiger partial charge in [-0.25, -0.2) is 9.59 Å². The highest BCUT2D eigenvalue weighted by molar-refractivity contribution is 6.05. The minimum Gasteiger partial charge on any atom is -0.465 e. The Hall–Kier alpha value is -5.36. The Morgan fingerprint density at radius 3 is 2.50 bits per heavy atom. The predicted octanol–water partition coefficient (Wildman–Crippen LogP) is 5.43. The highest BCUT2D eigenvalue weighted by Crippen LogP contribution is 2.30. The third kappa shape index (κ3) is 6.11. The Kier molecular flexibility index (Phi) is 8.88. The molecule has 46 heavy (non-hydrogen) atoms. The number of aliphatic hydroxyl groups is 1. The van der Waals surface area contributed by atoms with Crippen LogP contribution in [0.15, 0.2) is 85.5 Å². The number of rotatable bonds is 12. The number of aromatic nitrogens is 2. The number of hydrogen-bond acceptors (Lipinski definition) is 11. The van der Waals surface area contributed by atoms with E-state index >= 15 is 0 Å². The number of hydrogen-bond donors (Lipinski definition) is 1. The molecule has 5 aromatic rings. The maximum atomic E-state index is 13.3. The van der Waals surface area contributed by atoms with Crippen molar-refractivity contribution in [1.29, 1.82) is 0 Å². The minimum atomic E-state index is -1.11. The number of carbonyl (C=O) groups is 1. The number of unbranched alkanes of at least 4 members (excludes halogenated alkanes) is 1. The second-order valence-electron chi connectivity index (χ2n) is 10.7. The molecule has 0 spiro atoms. The molecule has 0 radical (unpaired) electrons. The van der Waals surface area contributed by atoms with Gasteiger partial charge in [-0.15, -0.1) is 0 Å². The lowest BCUT2D eigenvalue weighted by Gasteiger charge is -2.22. The van der Waals surface area contributed by atoms with Crippen LogP contribution < -0.4 is 10.6 Å². The molecule has 12 heteroatoms. The van der Waals surface area contributed by atoms with Gasteiger partial charge in [-0.05, 0) is 49.1 Å². The van der Waals surface area contributed by atoms with Crippen LogP contribution in [-0.4, -0.2) is 50.9 Å². The largest absolute Gasteiger partial charge is 0.519 e. The third-order valence-corrected chi connectivity index (χ3v) is 7.69. The molecule has 1 aliphatic rings. The second kappa shape index (κ2) is 13.3. The van der Waals surface area contributed by atoms with Gasteiger partial charge in [-0.1, -0.05) is 73.1 Å². The zero-order chi connectivity index (χ0) is 32.2. The van der Waals surface area contributed by atoms with Gasteiger partial charge in [0.2, 0.25) is 0 Å². The third-order valence-electron chi connectivity index (χ3n) is 7.69. The molecule has 2 aromatic heterocycles. The van der Waals surface area contributed by atoms with Crippen LogP contribution >= 0.6 is 0 Å². The molecular formula is C34H34N4O8. The summed E-state index contributed by atoms with van der Waals surface area (Å²) in [5, 5.41) is 14.6. The summed E-state index contributed by atoms with van der Waals surface area (Å²) in [6.45, 7) is 6.65. The monoisotopic (exact) mass is 626 g/mol. The van der Waals surface area contributed by atoms with Crippen LogP contribution in [0.5, 0.6) is 6.01 Å². The van der Waals surface area contributed by atoms with Gasteiger partial charge in [0.25, 0.3) is 6.01 Å². The quantitative estimate of drug-likeness (QED) is 0.178. The first kappa shape index (κ1) is 30.7. The first-order valence-corrected chi connectivity index (χ1v) is 15.1. The lowest BCUT2D eigenvalue weighted by molar-refractivity contribution is -0.145. The number of aliphatic hydroxyl groups excluding tert-OH is 1. The van der Waals surface area contributed by atoms with Crippen LogP contribution in [-0.2, 0) is 22.7 Å². The van der Waals surface area contributed by atoms with E-state index in [0.29, 0.717) is 48.1 Å². The van der Waals surface area contributed by atoms with Gasteiger partial charge in [0.15, 0.2) is 24.0 Å². The van der Waals surface area contributed by atoms with Gasteiger partial charge in [0, 0.05) is 12.1 Å². The summed E-state index contributed by atoms with van der Waals surface area (Å²) in [6, 6.07) is 21.5. The van der Waals surface area contributed by atoms with Gasteiger partial charge in [0.1, 0.15) is 0 Å². The Bertz CT molecular complexity index is 1940. The number of carbonyl (C=O) groups excluding carboxylic acids is 1. The molecule has 0 bridgehead atoms. The normalized spacial score (nSPS) is 14.4. The van der Waals surface area contributed by atoms with Gasteiger partial charge in [-0.2, -0.15) is 4.98 Å². The van der Waals surface area contributed by atoms with Crippen molar-refractivity contribution < 1.29 is 33.0 Å². The number of esters is 1. The molecule has 1 atom stereocenters. The SMILES string of the molecule is CCCCN1C(c2ccccc2-c2ccc(Cn3c(OCC)nc4cccc(C(=O)OCc5oc(=O)oc5C)c43)cc2)=NOC1O. The lowest BCUT2D eigenvalue weighted by Crippen LogP contribution is -2.37. The van der Waals surface area contributed by atoms with Crippen molar-refractivity contribution in [3.63, 3.8) is 0 Å². The first-order chi connectivity index (χ1) is 22.4. The van der Waals surface area contributed by atoms with E-state index in [-0.39, 0.29) is 18.1 Å². The smallest absolute Gasteiger partial charge is 0.465 e. The molecule has 0 aliphatic carbocycles. The topological polar surface area (TPSA) is 142 Å². The van der Waals surface area contributed by atoms with E-state index < -0.39 is 18.2 Å². The Labute approximate surface area is 264 Å².